The van der Waals surface area contributed by atoms with Crippen molar-refractivity contribution in [3.63, 3.8) is 0 Å². The van der Waals surface area contributed by atoms with Crippen molar-refractivity contribution in [1.29, 1.82) is 0 Å². The summed E-state index contributed by atoms with van der Waals surface area (Å²) in [5.41, 5.74) is 4.72. The van der Waals surface area contributed by atoms with Gasteiger partial charge < -0.3 is 14.7 Å². The fourth-order valence-electron chi connectivity index (χ4n) is 7.91. The highest BCUT2D eigenvalue weighted by atomic mass is 19.1. The summed E-state index contributed by atoms with van der Waals surface area (Å²) in [6, 6.07) is 17.3. The molecule has 2 fully saturated rings. The molecule has 2 aromatic carbocycles. The Morgan fingerprint density at radius 3 is 2.44 bits per heavy atom. The molecule has 1 aromatic heterocycles. The molecule has 3 aromatic rings. The van der Waals surface area contributed by atoms with Crippen LogP contribution >= 0.6 is 0 Å². The minimum atomic E-state index is -0.769. The maximum atomic E-state index is 14.3. The van der Waals surface area contributed by atoms with Crippen molar-refractivity contribution in [3.05, 3.63) is 82.9 Å². The smallest absolute Gasteiger partial charge is 0.321 e. The van der Waals surface area contributed by atoms with Crippen molar-refractivity contribution in [2.75, 3.05) is 33.3 Å². The van der Waals surface area contributed by atoms with Gasteiger partial charge in [0.2, 0.25) is 0 Å². The molecule has 0 unspecified atom stereocenters. The summed E-state index contributed by atoms with van der Waals surface area (Å²) >= 11 is 0. The lowest BCUT2D eigenvalue weighted by Crippen LogP contribution is -2.47. The number of carbonyl (C=O) groups is 1. The Labute approximate surface area is 268 Å². The molecule has 1 aliphatic heterocycles. The number of likely N-dealkylation sites (N-methyl/N-ethyl adjacent to an activating group) is 1. The largest absolute Gasteiger partial charge is 0.494 e. The van der Waals surface area contributed by atoms with Gasteiger partial charge in [0.15, 0.2) is 0 Å². The normalized spacial score (nSPS) is 21.9. The molecule has 5 rings (SSSR count). The van der Waals surface area contributed by atoms with Crippen LogP contribution in [0.15, 0.2) is 54.6 Å². The molecule has 1 saturated heterocycles. The monoisotopic (exact) mass is 618 g/mol. The van der Waals surface area contributed by atoms with Crippen LogP contribution in [0.25, 0.3) is 0 Å². The number of carboxylic acid groups (broad SMARTS) is 1. The summed E-state index contributed by atoms with van der Waals surface area (Å²) < 4.78 is 22.1. The second-order valence-corrected chi connectivity index (χ2v) is 13.4. The minimum absolute atomic E-state index is 0.0104. The number of hydrogen-bond donors (Lipinski definition) is 1. The van der Waals surface area contributed by atoms with E-state index in [1.807, 2.05) is 46.0 Å². The summed E-state index contributed by atoms with van der Waals surface area (Å²) in [6.45, 7) is 12.6. The van der Waals surface area contributed by atoms with E-state index in [-0.39, 0.29) is 23.7 Å². The maximum Gasteiger partial charge on any atom is 0.321 e. The van der Waals surface area contributed by atoms with Gasteiger partial charge in [-0.15, -0.1) is 0 Å². The number of likely N-dealkylation sites (tertiary alicyclic amines) is 1. The molecule has 45 heavy (non-hydrogen) atoms. The number of halogens is 1. The molecule has 1 N–H and O–H groups in total. The van der Waals surface area contributed by atoms with Crippen molar-refractivity contribution in [3.8, 4) is 5.75 Å². The zero-order valence-corrected chi connectivity index (χ0v) is 27.7. The summed E-state index contributed by atoms with van der Waals surface area (Å²) in [6.07, 6.45) is 4.76. The fourth-order valence-corrected chi connectivity index (χ4v) is 7.91. The topological polar surface area (TPSA) is 70.8 Å². The van der Waals surface area contributed by atoms with Gasteiger partial charge >= 0.3 is 5.97 Å². The Hall–Kier alpha value is -3.23. The molecule has 0 amide bonds. The van der Waals surface area contributed by atoms with Crippen LogP contribution in [0.2, 0.25) is 0 Å². The van der Waals surface area contributed by atoms with Crippen LogP contribution < -0.4 is 4.74 Å². The minimum Gasteiger partial charge on any atom is -0.494 e. The van der Waals surface area contributed by atoms with Gasteiger partial charge in [-0.2, -0.15) is 5.10 Å². The molecule has 4 atom stereocenters. The van der Waals surface area contributed by atoms with Gasteiger partial charge in [0.25, 0.3) is 0 Å². The number of aryl methyl sites for hydroxylation is 1. The summed E-state index contributed by atoms with van der Waals surface area (Å²) in [4.78, 5) is 16.8. The van der Waals surface area contributed by atoms with Gasteiger partial charge in [0, 0.05) is 37.2 Å². The third-order valence-electron chi connectivity index (χ3n) is 10.1. The molecule has 8 heteroatoms. The Kier molecular flexibility index (Phi) is 11.0. The average Bonchev–Trinajstić information content (AvgIpc) is 3.62. The van der Waals surface area contributed by atoms with Crippen LogP contribution in [-0.4, -0.2) is 76.0 Å². The predicted octanol–water partition coefficient (Wildman–Crippen LogP) is 6.81. The number of ether oxygens (including phenoxy) is 1. The van der Waals surface area contributed by atoms with Gasteiger partial charge in [-0.1, -0.05) is 38.1 Å². The molecular formula is C37H51FN4O3. The molecule has 1 saturated carbocycles. The summed E-state index contributed by atoms with van der Waals surface area (Å²) in [5.74, 6) is 0.967. The first kappa shape index (κ1) is 33.1. The van der Waals surface area contributed by atoms with Gasteiger partial charge in [-0.05, 0) is 119 Å². The Bertz CT molecular complexity index is 1400. The van der Waals surface area contributed by atoms with Crippen molar-refractivity contribution >= 4 is 5.97 Å². The molecule has 244 valence electrons. The van der Waals surface area contributed by atoms with Crippen LogP contribution in [0.1, 0.15) is 87.7 Å². The zero-order chi connectivity index (χ0) is 32.1. The molecule has 0 radical (unpaired) electrons. The number of rotatable bonds is 13. The van der Waals surface area contributed by atoms with E-state index in [1.54, 1.807) is 12.1 Å². The van der Waals surface area contributed by atoms with Crippen LogP contribution in [-0.2, 0) is 17.8 Å². The Morgan fingerprint density at radius 2 is 1.82 bits per heavy atom. The lowest BCUT2D eigenvalue weighted by molar-refractivity contribution is -0.145. The van der Waals surface area contributed by atoms with E-state index in [0.717, 1.165) is 75.3 Å². The van der Waals surface area contributed by atoms with E-state index in [1.165, 1.54) is 17.3 Å². The van der Waals surface area contributed by atoms with E-state index in [2.05, 4.69) is 39.6 Å². The highest BCUT2D eigenvalue weighted by molar-refractivity contribution is 5.73. The second kappa shape index (κ2) is 14.9. The number of benzene rings is 2. The zero-order valence-electron chi connectivity index (χ0n) is 27.7. The standard InChI is InChI=1S/C37H51FN4O3/c1-6-42-35(22-31(39-42)19-26-11-13-33(14-12-26)45-7-2)27-15-17-41(18-16-27)24-29-21-32(40(5)36(25(3)4)37(43)44)23-34(29)28-9-8-10-30(38)20-28/h8-14,20,22,25,27,29,32,34,36H,6-7,15-19,21,23-24H2,1-5H3,(H,43,44)/t29-,32+,34-,36-/m1/s1. The Balaban J connectivity index is 1.24. The number of piperidine rings is 1. The van der Waals surface area contributed by atoms with E-state index in [4.69, 9.17) is 9.84 Å². The molecule has 2 aliphatic rings. The molecule has 0 spiro atoms. The van der Waals surface area contributed by atoms with Crippen LogP contribution in [0, 0.1) is 17.7 Å². The van der Waals surface area contributed by atoms with Crippen molar-refractivity contribution in [1.82, 2.24) is 19.6 Å². The van der Waals surface area contributed by atoms with Crippen molar-refractivity contribution < 1.29 is 19.0 Å². The number of carboxylic acids is 1. The SMILES string of the molecule is CCOc1ccc(Cc2cc(C3CCN(C[C@H]4C[C@H](N(C)[C@@H](C(=O)O)C(C)C)C[C@@H]4c4cccc(F)c4)CC3)n(CC)n2)cc1. The molecule has 0 bridgehead atoms. The predicted molar refractivity (Wildman–Crippen MR) is 176 cm³/mol. The first-order valence-corrected chi connectivity index (χ1v) is 16.9. The van der Waals surface area contributed by atoms with E-state index in [9.17, 15) is 14.3 Å². The van der Waals surface area contributed by atoms with Crippen molar-refractivity contribution in [2.45, 2.75) is 90.3 Å². The molecule has 1 aliphatic carbocycles. The maximum absolute atomic E-state index is 14.3. The number of aromatic nitrogens is 2. The number of nitrogens with zero attached hydrogens (tertiary/aromatic N) is 4. The molecule has 7 nitrogen and oxygen atoms in total. The van der Waals surface area contributed by atoms with E-state index < -0.39 is 12.0 Å². The number of aliphatic carboxylic acids is 1. The summed E-state index contributed by atoms with van der Waals surface area (Å²) in [7, 11) is 1.96. The first-order valence-electron chi connectivity index (χ1n) is 16.9. The van der Waals surface area contributed by atoms with E-state index >= 15 is 0 Å². The van der Waals surface area contributed by atoms with E-state index in [0.29, 0.717) is 18.4 Å². The van der Waals surface area contributed by atoms with Gasteiger partial charge in [-0.25, -0.2) is 4.39 Å². The molecular weight excluding hydrogens is 567 g/mol. The second-order valence-electron chi connectivity index (χ2n) is 13.4. The third kappa shape index (κ3) is 7.95. The Morgan fingerprint density at radius 1 is 1.09 bits per heavy atom. The summed E-state index contributed by atoms with van der Waals surface area (Å²) in [5, 5.41) is 14.9. The lowest BCUT2D eigenvalue weighted by atomic mass is 9.87. The quantitative estimate of drug-likeness (QED) is 0.227. The highest BCUT2D eigenvalue weighted by Crippen LogP contribution is 2.43. The molecule has 2 heterocycles. The van der Waals surface area contributed by atoms with Gasteiger partial charge in [0.1, 0.15) is 17.6 Å². The highest BCUT2D eigenvalue weighted by Gasteiger charge is 2.42. The first-order chi connectivity index (χ1) is 21.7. The lowest BCUT2D eigenvalue weighted by Gasteiger charge is -2.35. The van der Waals surface area contributed by atoms with Crippen LogP contribution in [0.3, 0.4) is 0 Å². The van der Waals surface area contributed by atoms with Crippen molar-refractivity contribution in [2.24, 2.45) is 11.8 Å². The number of hydrogen-bond acceptors (Lipinski definition) is 5. The van der Waals surface area contributed by atoms with Gasteiger partial charge in [-0.3, -0.25) is 14.4 Å². The third-order valence-corrected chi connectivity index (χ3v) is 10.1. The van der Waals surface area contributed by atoms with Crippen LogP contribution in [0.4, 0.5) is 4.39 Å². The van der Waals surface area contributed by atoms with Crippen LogP contribution in [0.5, 0.6) is 5.75 Å². The average molecular weight is 619 g/mol. The fraction of sp³-hybridized carbons (Fsp3) is 0.568. The van der Waals surface area contributed by atoms with Gasteiger partial charge in [0.05, 0.1) is 12.3 Å².